The van der Waals surface area contributed by atoms with E-state index in [9.17, 15) is 22.7 Å². The maximum absolute atomic E-state index is 12.8. The largest absolute Gasteiger partial charge is 0.422 e. The Balaban J connectivity index is 3.34. The van der Waals surface area contributed by atoms with Gasteiger partial charge in [0.25, 0.3) is 0 Å². The van der Waals surface area contributed by atoms with Crippen LogP contribution >= 0.6 is 0 Å². The van der Waals surface area contributed by atoms with Gasteiger partial charge in [0.1, 0.15) is 5.82 Å². The first-order valence-corrected chi connectivity index (χ1v) is 4.50. The van der Waals surface area contributed by atoms with Gasteiger partial charge in [0.2, 0.25) is 5.60 Å². The van der Waals surface area contributed by atoms with Crippen LogP contribution in [0.5, 0.6) is 0 Å². The number of aliphatic hydroxyl groups is 1. The summed E-state index contributed by atoms with van der Waals surface area (Å²) in [7, 11) is 0. The van der Waals surface area contributed by atoms with E-state index in [4.69, 9.17) is 5.73 Å². The van der Waals surface area contributed by atoms with Gasteiger partial charge in [-0.15, -0.1) is 0 Å². The van der Waals surface area contributed by atoms with E-state index in [0.29, 0.717) is 6.07 Å². The first-order chi connectivity index (χ1) is 7.19. The van der Waals surface area contributed by atoms with E-state index in [-0.39, 0.29) is 0 Å². The second-order valence-corrected chi connectivity index (χ2v) is 3.56. The lowest BCUT2D eigenvalue weighted by molar-refractivity contribution is -0.272. The molecule has 2 nitrogen and oxygen atoms in total. The maximum atomic E-state index is 12.8. The second-order valence-electron chi connectivity index (χ2n) is 3.56. The Labute approximate surface area is 89.7 Å². The van der Waals surface area contributed by atoms with Crippen LogP contribution in [0.25, 0.3) is 0 Å². The lowest BCUT2D eigenvalue weighted by atomic mass is 9.87. The van der Waals surface area contributed by atoms with E-state index in [1.807, 2.05) is 0 Å². The average molecular weight is 237 g/mol. The minimum absolute atomic E-state index is 0.602. The number of alkyl halides is 3. The van der Waals surface area contributed by atoms with Crippen molar-refractivity contribution in [1.82, 2.24) is 0 Å². The SMILES string of the molecule is CC(N)C(O)(c1cccc(F)c1)C(F)(F)F. The van der Waals surface area contributed by atoms with E-state index in [2.05, 4.69) is 0 Å². The van der Waals surface area contributed by atoms with Crippen molar-refractivity contribution >= 4 is 0 Å². The van der Waals surface area contributed by atoms with Crippen LogP contribution in [0, 0.1) is 5.82 Å². The summed E-state index contributed by atoms with van der Waals surface area (Å²) in [5.74, 6) is -0.860. The molecule has 0 aliphatic carbocycles. The fourth-order valence-electron chi connectivity index (χ4n) is 1.41. The van der Waals surface area contributed by atoms with Crippen molar-refractivity contribution in [3.05, 3.63) is 35.6 Å². The van der Waals surface area contributed by atoms with E-state index >= 15 is 0 Å². The molecular weight excluding hydrogens is 226 g/mol. The molecule has 0 heterocycles. The van der Waals surface area contributed by atoms with Crippen LogP contribution in [0.2, 0.25) is 0 Å². The van der Waals surface area contributed by atoms with Crippen molar-refractivity contribution in [1.29, 1.82) is 0 Å². The van der Waals surface area contributed by atoms with Crippen LogP contribution < -0.4 is 5.73 Å². The smallest absolute Gasteiger partial charge is 0.375 e. The average Bonchev–Trinajstić information content (AvgIpc) is 2.14. The topological polar surface area (TPSA) is 46.2 Å². The molecule has 6 heteroatoms. The molecule has 0 spiro atoms. The van der Waals surface area contributed by atoms with E-state index in [1.54, 1.807) is 0 Å². The number of halogens is 4. The van der Waals surface area contributed by atoms with Gasteiger partial charge in [0.05, 0.1) is 0 Å². The zero-order valence-corrected chi connectivity index (χ0v) is 8.42. The van der Waals surface area contributed by atoms with Gasteiger partial charge in [0, 0.05) is 6.04 Å². The van der Waals surface area contributed by atoms with Crippen LogP contribution in [0.4, 0.5) is 17.6 Å². The molecule has 2 unspecified atom stereocenters. The number of nitrogens with two attached hydrogens (primary N) is 1. The number of hydrogen-bond acceptors (Lipinski definition) is 2. The summed E-state index contributed by atoms with van der Waals surface area (Å²) in [4.78, 5) is 0. The first-order valence-electron chi connectivity index (χ1n) is 4.50. The third kappa shape index (κ3) is 2.03. The second kappa shape index (κ2) is 4.03. The fraction of sp³-hybridized carbons (Fsp3) is 0.400. The highest BCUT2D eigenvalue weighted by atomic mass is 19.4. The Morgan fingerprint density at radius 2 is 1.88 bits per heavy atom. The molecule has 1 rings (SSSR count). The molecule has 0 aliphatic heterocycles. The van der Waals surface area contributed by atoms with Crippen molar-refractivity contribution in [2.24, 2.45) is 5.73 Å². The Morgan fingerprint density at radius 1 is 1.31 bits per heavy atom. The number of benzene rings is 1. The molecule has 2 atom stereocenters. The van der Waals surface area contributed by atoms with Gasteiger partial charge in [0.15, 0.2) is 0 Å². The molecular formula is C10H11F4NO. The van der Waals surface area contributed by atoms with Crippen LogP contribution in [-0.2, 0) is 5.60 Å². The molecule has 0 saturated heterocycles. The Morgan fingerprint density at radius 3 is 2.25 bits per heavy atom. The molecule has 0 bridgehead atoms. The minimum atomic E-state index is -4.96. The van der Waals surface area contributed by atoms with Gasteiger partial charge in [-0.05, 0) is 24.6 Å². The molecule has 0 saturated carbocycles. The number of hydrogen-bond donors (Lipinski definition) is 2. The molecule has 0 aromatic heterocycles. The summed E-state index contributed by atoms with van der Waals surface area (Å²) >= 11 is 0. The maximum Gasteiger partial charge on any atom is 0.422 e. The predicted molar refractivity (Wildman–Crippen MR) is 50.0 cm³/mol. The summed E-state index contributed by atoms with van der Waals surface area (Å²) in [6, 6.07) is 2.08. The van der Waals surface area contributed by atoms with Gasteiger partial charge < -0.3 is 10.8 Å². The standard InChI is InChI=1S/C10H11F4NO/c1-6(15)9(16,10(12,13)14)7-3-2-4-8(11)5-7/h2-6,16H,15H2,1H3. The monoisotopic (exact) mass is 237 g/mol. The normalized spacial score (nSPS) is 17.9. The van der Waals surface area contributed by atoms with Crippen LogP contribution in [-0.4, -0.2) is 17.3 Å². The van der Waals surface area contributed by atoms with Crippen molar-refractivity contribution < 1.29 is 22.7 Å². The highest BCUT2D eigenvalue weighted by molar-refractivity contribution is 5.27. The third-order valence-corrected chi connectivity index (χ3v) is 2.36. The van der Waals surface area contributed by atoms with Gasteiger partial charge in [-0.3, -0.25) is 0 Å². The van der Waals surface area contributed by atoms with Crippen molar-refractivity contribution in [3.8, 4) is 0 Å². The summed E-state index contributed by atoms with van der Waals surface area (Å²) in [6.07, 6.45) is -4.96. The van der Waals surface area contributed by atoms with Crippen LogP contribution in [0.3, 0.4) is 0 Å². The van der Waals surface area contributed by atoms with Crippen molar-refractivity contribution in [2.75, 3.05) is 0 Å². The zero-order valence-electron chi connectivity index (χ0n) is 8.42. The Hall–Kier alpha value is -1.14. The summed E-state index contributed by atoms with van der Waals surface area (Å²) in [6.45, 7) is 1.01. The third-order valence-electron chi connectivity index (χ3n) is 2.36. The first kappa shape index (κ1) is 12.9. The molecule has 90 valence electrons. The zero-order chi connectivity index (χ0) is 12.6. The van der Waals surface area contributed by atoms with Gasteiger partial charge in [-0.1, -0.05) is 12.1 Å². The van der Waals surface area contributed by atoms with Gasteiger partial charge in [-0.2, -0.15) is 13.2 Å². The molecule has 0 radical (unpaired) electrons. The lowest BCUT2D eigenvalue weighted by Gasteiger charge is -2.34. The Kier molecular flexibility index (Phi) is 3.25. The highest BCUT2D eigenvalue weighted by Gasteiger charge is 2.57. The van der Waals surface area contributed by atoms with E-state index in [0.717, 1.165) is 25.1 Å². The summed E-state index contributed by atoms with van der Waals surface area (Å²) in [5.41, 5.74) is 1.30. The highest BCUT2D eigenvalue weighted by Crippen LogP contribution is 2.40. The van der Waals surface area contributed by atoms with Gasteiger partial charge in [-0.25, -0.2) is 4.39 Å². The molecule has 1 aromatic carbocycles. The van der Waals surface area contributed by atoms with Crippen molar-refractivity contribution in [2.45, 2.75) is 24.7 Å². The van der Waals surface area contributed by atoms with Crippen molar-refractivity contribution in [3.63, 3.8) is 0 Å². The predicted octanol–water partition coefficient (Wildman–Crippen LogP) is 1.92. The van der Waals surface area contributed by atoms with Crippen LogP contribution in [0.15, 0.2) is 24.3 Å². The summed E-state index contributed by atoms with van der Waals surface area (Å²) < 4.78 is 51.0. The number of rotatable bonds is 2. The van der Waals surface area contributed by atoms with E-state index < -0.39 is 29.2 Å². The van der Waals surface area contributed by atoms with Gasteiger partial charge >= 0.3 is 6.18 Å². The molecule has 16 heavy (non-hydrogen) atoms. The molecule has 0 aliphatic rings. The van der Waals surface area contributed by atoms with Crippen LogP contribution in [0.1, 0.15) is 12.5 Å². The Bertz CT molecular complexity index is 377. The quantitative estimate of drug-likeness (QED) is 0.772. The molecule has 3 N–H and O–H groups in total. The molecule has 0 amide bonds. The van der Waals surface area contributed by atoms with E-state index in [1.165, 1.54) is 0 Å². The molecule has 0 fully saturated rings. The lowest BCUT2D eigenvalue weighted by Crippen LogP contribution is -2.54. The molecule has 1 aromatic rings. The minimum Gasteiger partial charge on any atom is -0.375 e. The fourth-order valence-corrected chi connectivity index (χ4v) is 1.41. The summed E-state index contributed by atoms with van der Waals surface area (Å²) in [5, 5.41) is 9.60.